The number of carbonyl (C=O) groups is 1. The van der Waals surface area contributed by atoms with Crippen LogP contribution in [0, 0.1) is 0 Å². The molecule has 0 saturated carbocycles. The van der Waals surface area contributed by atoms with Crippen molar-refractivity contribution in [3.8, 4) is 5.75 Å². The maximum absolute atomic E-state index is 11.3. The number of hydrogen-bond acceptors (Lipinski definition) is 2. The highest BCUT2D eigenvalue weighted by molar-refractivity contribution is 6.35. The second-order valence-electron chi connectivity index (χ2n) is 4.34. The predicted molar refractivity (Wildman–Crippen MR) is 83.7 cm³/mol. The minimum absolute atomic E-state index is 0.123. The number of rotatable bonds is 5. The van der Waals surface area contributed by atoms with E-state index in [4.69, 9.17) is 39.5 Å². The van der Waals surface area contributed by atoms with Crippen molar-refractivity contribution in [1.82, 2.24) is 0 Å². The van der Waals surface area contributed by atoms with E-state index in [1.54, 1.807) is 42.5 Å². The van der Waals surface area contributed by atoms with E-state index in [2.05, 4.69) is 0 Å². The number of carboxylic acids is 1. The van der Waals surface area contributed by atoms with Gasteiger partial charge in [0.1, 0.15) is 5.75 Å². The number of benzene rings is 2. The van der Waals surface area contributed by atoms with Gasteiger partial charge < -0.3 is 9.84 Å². The highest BCUT2D eigenvalue weighted by Gasteiger charge is 2.21. The fourth-order valence-electron chi connectivity index (χ4n) is 1.77. The van der Waals surface area contributed by atoms with Crippen molar-refractivity contribution in [2.75, 3.05) is 0 Å². The Morgan fingerprint density at radius 2 is 1.81 bits per heavy atom. The maximum Gasteiger partial charge on any atom is 0.345 e. The van der Waals surface area contributed by atoms with Crippen molar-refractivity contribution in [3.05, 3.63) is 63.1 Å². The van der Waals surface area contributed by atoms with Gasteiger partial charge in [-0.2, -0.15) is 0 Å². The molecule has 0 fully saturated rings. The zero-order valence-electron chi connectivity index (χ0n) is 10.7. The fourth-order valence-corrected chi connectivity index (χ4v) is 2.44. The van der Waals surface area contributed by atoms with Crippen molar-refractivity contribution in [3.63, 3.8) is 0 Å². The standard InChI is InChI=1S/C15H11Cl3O3/c16-10-2-1-3-12(7-10)21-14(15(19)20)6-9-4-5-11(17)8-13(9)18/h1-5,7-8,14H,6H2,(H,19,20)/t14-/m1/s1. The van der Waals surface area contributed by atoms with Crippen molar-refractivity contribution < 1.29 is 14.6 Å². The number of hydrogen-bond donors (Lipinski definition) is 1. The van der Waals surface area contributed by atoms with Gasteiger partial charge in [0.25, 0.3) is 0 Å². The lowest BCUT2D eigenvalue weighted by molar-refractivity contribution is -0.145. The van der Waals surface area contributed by atoms with Gasteiger partial charge in [-0.05, 0) is 35.9 Å². The Morgan fingerprint density at radius 3 is 2.43 bits per heavy atom. The summed E-state index contributed by atoms with van der Waals surface area (Å²) in [5.74, 6) is -0.694. The van der Waals surface area contributed by atoms with Gasteiger partial charge in [-0.1, -0.05) is 46.9 Å². The van der Waals surface area contributed by atoms with Crippen molar-refractivity contribution in [2.45, 2.75) is 12.5 Å². The van der Waals surface area contributed by atoms with Crippen molar-refractivity contribution in [1.29, 1.82) is 0 Å². The Hall–Kier alpha value is -1.42. The van der Waals surface area contributed by atoms with Crippen LogP contribution in [0.25, 0.3) is 0 Å². The van der Waals surface area contributed by atoms with E-state index >= 15 is 0 Å². The van der Waals surface area contributed by atoms with E-state index in [1.807, 2.05) is 0 Å². The van der Waals surface area contributed by atoms with Gasteiger partial charge in [-0.15, -0.1) is 0 Å². The smallest absolute Gasteiger partial charge is 0.345 e. The lowest BCUT2D eigenvalue weighted by atomic mass is 10.1. The van der Waals surface area contributed by atoms with Crippen LogP contribution in [-0.4, -0.2) is 17.2 Å². The molecule has 0 bridgehead atoms. The second-order valence-corrected chi connectivity index (χ2v) is 5.62. The molecule has 0 unspecified atom stereocenters. The van der Waals surface area contributed by atoms with Crippen LogP contribution in [0.15, 0.2) is 42.5 Å². The van der Waals surface area contributed by atoms with Crippen LogP contribution >= 0.6 is 34.8 Å². The minimum Gasteiger partial charge on any atom is -0.478 e. The topological polar surface area (TPSA) is 46.5 Å². The van der Waals surface area contributed by atoms with Gasteiger partial charge in [-0.25, -0.2) is 4.79 Å². The van der Waals surface area contributed by atoms with Crippen LogP contribution in [-0.2, 0) is 11.2 Å². The molecular formula is C15H11Cl3O3. The molecule has 0 aliphatic heterocycles. The summed E-state index contributed by atoms with van der Waals surface area (Å²) in [4.78, 5) is 11.3. The quantitative estimate of drug-likeness (QED) is 0.852. The molecule has 2 aromatic rings. The lowest BCUT2D eigenvalue weighted by Gasteiger charge is -2.16. The molecule has 0 radical (unpaired) electrons. The molecule has 2 aromatic carbocycles. The first-order chi connectivity index (χ1) is 9.95. The number of aliphatic carboxylic acids is 1. The zero-order chi connectivity index (χ0) is 15.4. The van der Waals surface area contributed by atoms with Crippen LogP contribution in [0.1, 0.15) is 5.56 Å². The van der Waals surface area contributed by atoms with Crippen LogP contribution in [0.4, 0.5) is 0 Å². The molecule has 0 aliphatic rings. The molecule has 0 amide bonds. The van der Waals surface area contributed by atoms with Crippen molar-refractivity contribution >= 4 is 40.8 Å². The Balaban J connectivity index is 2.18. The van der Waals surface area contributed by atoms with Crippen LogP contribution in [0.3, 0.4) is 0 Å². The molecule has 6 heteroatoms. The Kier molecular flexibility index (Phi) is 5.34. The SMILES string of the molecule is O=C(O)[C@@H](Cc1ccc(Cl)cc1Cl)Oc1cccc(Cl)c1. The molecule has 3 nitrogen and oxygen atoms in total. The fraction of sp³-hybridized carbons (Fsp3) is 0.133. The molecule has 110 valence electrons. The van der Waals surface area contributed by atoms with Gasteiger partial charge in [0, 0.05) is 21.5 Å². The maximum atomic E-state index is 11.3. The van der Waals surface area contributed by atoms with E-state index in [9.17, 15) is 9.90 Å². The third-order valence-electron chi connectivity index (χ3n) is 2.77. The molecule has 0 saturated heterocycles. The lowest BCUT2D eigenvalue weighted by Crippen LogP contribution is -2.29. The normalized spacial score (nSPS) is 12.0. The Bertz CT molecular complexity index is 658. The molecule has 0 aromatic heterocycles. The predicted octanol–water partition coefficient (Wildman–Crippen LogP) is 4.72. The first kappa shape index (κ1) is 16.0. The van der Waals surface area contributed by atoms with Crippen LogP contribution in [0.2, 0.25) is 15.1 Å². The minimum atomic E-state index is -1.08. The number of halogens is 3. The first-order valence-corrected chi connectivity index (χ1v) is 7.18. The molecule has 21 heavy (non-hydrogen) atoms. The summed E-state index contributed by atoms with van der Waals surface area (Å²) in [5, 5.41) is 10.7. The largest absolute Gasteiger partial charge is 0.478 e. The Morgan fingerprint density at radius 1 is 1.10 bits per heavy atom. The van der Waals surface area contributed by atoms with Crippen LogP contribution < -0.4 is 4.74 Å². The van der Waals surface area contributed by atoms with E-state index in [1.165, 1.54) is 0 Å². The van der Waals surface area contributed by atoms with E-state index < -0.39 is 12.1 Å². The molecular weight excluding hydrogens is 335 g/mol. The van der Waals surface area contributed by atoms with Crippen molar-refractivity contribution in [2.24, 2.45) is 0 Å². The van der Waals surface area contributed by atoms with Gasteiger partial charge in [-0.3, -0.25) is 0 Å². The van der Waals surface area contributed by atoms with Gasteiger partial charge >= 0.3 is 5.97 Å². The third kappa shape index (κ3) is 4.53. The van der Waals surface area contributed by atoms with Crippen LogP contribution in [0.5, 0.6) is 5.75 Å². The van der Waals surface area contributed by atoms with E-state index in [-0.39, 0.29) is 6.42 Å². The number of carboxylic acid groups (broad SMARTS) is 1. The Labute approximate surface area is 137 Å². The zero-order valence-corrected chi connectivity index (χ0v) is 13.0. The molecule has 0 spiro atoms. The molecule has 1 N–H and O–H groups in total. The van der Waals surface area contributed by atoms with E-state index in [0.717, 1.165) is 0 Å². The highest BCUT2D eigenvalue weighted by atomic mass is 35.5. The molecule has 0 aliphatic carbocycles. The summed E-state index contributed by atoms with van der Waals surface area (Å²) in [5.41, 5.74) is 0.649. The summed E-state index contributed by atoms with van der Waals surface area (Å²) >= 11 is 17.7. The first-order valence-electron chi connectivity index (χ1n) is 6.04. The monoisotopic (exact) mass is 344 g/mol. The van der Waals surface area contributed by atoms with Gasteiger partial charge in [0.2, 0.25) is 0 Å². The van der Waals surface area contributed by atoms with E-state index in [0.29, 0.717) is 26.4 Å². The summed E-state index contributed by atoms with van der Waals surface area (Å²) in [6, 6.07) is 11.5. The summed E-state index contributed by atoms with van der Waals surface area (Å²) < 4.78 is 5.47. The summed E-state index contributed by atoms with van der Waals surface area (Å²) in [7, 11) is 0. The molecule has 0 heterocycles. The average Bonchev–Trinajstić information content (AvgIpc) is 2.40. The second kappa shape index (κ2) is 7.03. The summed E-state index contributed by atoms with van der Waals surface area (Å²) in [6.45, 7) is 0. The highest BCUT2D eigenvalue weighted by Crippen LogP contribution is 2.24. The number of ether oxygens (including phenoxy) is 1. The van der Waals surface area contributed by atoms with Gasteiger partial charge in [0.15, 0.2) is 6.10 Å². The molecule has 2 rings (SSSR count). The van der Waals surface area contributed by atoms with Gasteiger partial charge in [0.05, 0.1) is 0 Å². The third-order valence-corrected chi connectivity index (χ3v) is 3.59. The molecule has 1 atom stereocenters. The average molecular weight is 346 g/mol. The summed E-state index contributed by atoms with van der Waals surface area (Å²) in [6.07, 6.45) is -0.945.